The number of anilines is 1. The molecule has 1 amide bonds. The van der Waals surface area contributed by atoms with Crippen molar-refractivity contribution in [1.82, 2.24) is 0 Å². The van der Waals surface area contributed by atoms with Gasteiger partial charge in [-0.3, -0.25) is 4.79 Å². The van der Waals surface area contributed by atoms with Crippen LogP contribution in [0.4, 0.5) is 5.00 Å². The van der Waals surface area contributed by atoms with Crippen molar-refractivity contribution >= 4 is 28.2 Å². The number of esters is 1. The minimum absolute atomic E-state index is 0.135. The van der Waals surface area contributed by atoms with Gasteiger partial charge in [0.1, 0.15) is 10.8 Å². The van der Waals surface area contributed by atoms with Crippen molar-refractivity contribution in [3.05, 3.63) is 70.6 Å². The topological polar surface area (TPSA) is 64.6 Å². The van der Waals surface area contributed by atoms with Gasteiger partial charge in [-0.25, -0.2) is 4.79 Å². The summed E-state index contributed by atoms with van der Waals surface area (Å²) in [4.78, 5) is 26.1. The van der Waals surface area contributed by atoms with E-state index in [0.29, 0.717) is 22.2 Å². The molecule has 0 saturated heterocycles. The highest BCUT2D eigenvalue weighted by Gasteiger charge is 2.28. The van der Waals surface area contributed by atoms with Gasteiger partial charge in [0.25, 0.3) is 5.91 Å². The second-order valence-electron chi connectivity index (χ2n) is 7.77. The van der Waals surface area contributed by atoms with Crippen molar-refractivity contribution in [3.8, 4) is 16.9 Å². The lowest BCUT2D eigenvalue weighted by atomic mass is 9.88. The van der Waals surface area contributed by atoms with Crippen LogP contribution in [0.3, 0.4) is 0 Å². The molecule has 1 aromatic heterocycles. The number of methoxy groups -OCH3 is 1. The van der Waals surface area contributed by atoms with Gasteiger partial charge in [0.15, 0.2) is 6.61 Å². The fraction of sp³-hybridized carbons (Fsp3) is 0.280. The standard InChI is InChI=1S/C25H25NO4S/c1-16-8-13-20-21(14-16)31-24(23(20)25(28)29-2)26-22(27)15-30-19-11-9-18(10-12-19)17-6-4-3-5-7-17/h3-7,9-12,16H,8,13-15H2,1-2H3,(H,26,27)/t16-/m1/s1. The molecule has 1 aliphatic carbocycles. The Morgan fingerprint density at radius 1 is 1.06 bits per heavy atom. The quantitative estimate of drug-likeness (QED) is 0.531. The summed E-state index contributed by atoms with van der Waals surface area (Å²) in [5.41, 5.74) is 3.72. The van der Waals surface area contributed by atoms with Crippen molar-refractivity contribution in [2.75, 3.05) is 19.0 Å². The molecule has 0 spiro atoms. The third-order valence-corrected chi connectivity index (χ3v) is 6.66. The molecule has 0 saturated carbocycles. The van der Waals surface area contributed by atoms with Gasteiger partial charge in [0, 0.05) is 4.88 Å². The summed E-state index contributed by atoms with van der Waals surface area (Å²) in [6.07, 6.45) is 2.78. The SMILES string of the molecule is COC(=O)c1c(NC(=O)COc2ccc(-c3ccccc3)cc2)sc2c1CC[C@@H](C)C2. The summed E-state index contributed by atoms with van der Waals surface area (Å²) in [7, 11) is 1.37. The number of carbonyl (C=O) groups excluding carboxylic acids is 2. The fourth-order valence-electron chi connectivity index (χ4n) is 3.84. The van der Waals surface area contributed by atoms with Gasteiger partial charge >= 0.3 is 5.97 Å². The third-order valence-electron chi connectivity index (χ3n) is 5.49. The highest BCUT2D eigenvalue weighted by atomic mass is 32.1. The van der Waals surface area contributed by atoms with E-state index in [4.69, 9.17) is 9.47 Å². The van der Waals surface area contributed by atoms with Crippen molar-refractivity contribution in [2.24, 2.45) is 5.92 Å². The number of nitrogens with one attached hydrogen (secondary N) is 1. The van der Waals surface area contributed by atoms with Crippen molar-refractivity contribution in [3.63, 3.8) is 0 Å². The van der Waals surface area contributed by atoms with E-state index in [2.05, 4.69) is 12.2 Å². The number of hydrogen-bond acceptors (Lipinski definition) is 5. The molecule has 1 N–H and O–H groups in total. The van der Waals surface area contributed by atoms with E-state index >= 15 is 0 Å². The first-order valence-corrected chi connectivity index (χ1v) is 11.2. The van der Waals surface area contributed by atoms with Gasteiger partial charge in [-0.2, -0.15) is 0 Å². The minimum Gasteiger partial charge on any atom is -0.484 e. The molecule has 160 valence electrons. The van der Waals surface area contributed by atoms with E-state index < -0.39 is 5.97 Å². The van der Waals surface area contributed by atoms with Crippen LogP contribution in [0.5, 0.6) is 5.75 Å². The lowest BCUT2D eigenvalue weighted by Gasteiger charge is -2.18. The van der Waals surface area contributed by atoms with Crippen LogP contribution in [0.15, 0.2) is 54.6 Å². The molecule has 31 heavy (non-hydrogen) atoms. The predicted octanol–water partition coefficient (Wildman–Crippen LogP) is 5.34. The van der Waals surface area contributed by atoms with Crippen molar-refractivity contribution < 1.29 is 19.1 Å². The Balaban J connectivity index is 1.42. The molecule has 0 unspecified atom stereocenters. The van der Waals surface area contributed by atoms with Crippen LogP contribution in [0.25, 0.3) is 11.1 Å². The Bertz CT molecular complexity index is 1070. The van der Waals surface area contributed by atoms with E-state index in [0.717, 1.165) is 40.8 Å². The number of amides is 1. The van der Waals surface area contributed by atoms with E-state index in [1.165, 1.54) is 18.4 Å². The predicted molar refractivity (Wildman–Crippen MR) is 123 cm³/mol. The van der Waals surface area contributed by atoms with E-state index in [-0.39, 0.29) is 12.5 Å². The number of rotatable bonds is 6. The van der Waals surface area contributed by atoms with Crippen LogP contribution >= 0.6 is 11.3 Å². The number of benzene rings is 2. The largest absolute Gasteiger partial charge is 0.484 e. The smallest absolute Gasteiger partial charge is 0.341 e. The lowest BCUT2D eigenvalue weighted by molar-refractivity contribution is -0.118. The molecule has 4 rings (SSSR count). The van der Waals surface area contributed by atoms with Crippen LogP contribution in [-0.2, 0) is 22.4 Å². The van der Waals surface area contributed by atoms with Crippen LogP contribution in [-0.4, -0.2) is 25.6 Å². The summed E-state index contributed by atoms with van der Waals surface area (Å²) in [5, 5.41) is 3.41. The molecule has 0 bridgehead atoms. The van der Waals surface area contributed by atoms with Crippen molar-refractivity contribution in [2.45, 2.75) is 26.2 Å². The molecule has 1 atom stereocenters. The number of carbonyl (C=O) groups is 2. The highest BCUT2D eigenvalue weighted by molar-refractivity contribution is 7.17. The Hall–Kier alpha value is -3.12. The van der Waals surface area contributed by atoms with Gasteiger partial charge in [0.2, 0.25) is 0 Å². The first-order valence-electron chi connectivity index (χ1n) is 10.4. The summed E-state index contributed by atoms with van der Waals surface area (Å²) >= 11 is 1.47. The molecule has 0 fully saturated rings. The first-order chi connectivity index (χ1) is 15.0. The maximum atomic E-state index is 12.5. The van der Waals surface area contributed by atoms with Crippen LogP contribution in [0, 0.1) is 5.92 Å². The Morgan fingerprint density at radius 2 is 1.77 bits per heavy atom. The summed E-state index contributed by atoms with van der Waals surface area (Å²) < 4.78 is 10.6. The van der Waals surface area contributed by atoms with Gasteiger partial charge in [-0.15, -0.1) is 11.3 Å². The molecule has 1 heterocycles. The maximum absolute atomic E-state index is 12.5. The number of fused-ring (bicyclic) bond motifs is 1. The van der Waals surface area contributed by atoms with E-state index in [1.807, 2.05) is 54.6 Å². The van der Waals surface area contributed by atoms with E-state index in [1.54, 1.807) is 0 Å². The summed E-state index contributed by atoms with van der Waals surface area (Å²) in [6, 6.07) is 17.7. The normalized spacial score (nSPS) is 15.1. The average Bonchev–Trinajstić information content (AvgIpc) is 3.14. The molecule has 5 nitrogen and oxygen atoms in total. The molecule has 2 aromatic carbocycles. The monoisotopic (exact) mass is 435 g/mol. The zero-order chi connectivity index (χ0) is 21.8. The molecule has 6 heteroatoms. The minimum atomic E-state index is -0.403. The first kappa shape index (κ1) is 21.1. The Labute approximate surface area is 186 Å². The van der Waals surface area contributed by atoms with E-state index in [9.17, 15) is 9.59 Å². The Morgan fingerprint density at radius 3 is 2.48 bits per heavy atom. The average molecular weight is 436 g/mol. The molecule has 0 radical (unpaired) electrons. The number of thiophene rings is 1. The number of hydrogen-bond donors (Lipinski definition) is 1. The van der Waals surface area contributed by atoms with Gasteiger partial charge < -0.3 is 14.8 Å². The van der Waals surface area contributed by atoms with Crippen molar-refractivity contribution in [1.29, 1.82) is 0 Å². The fourth-order valence-corrected chi connectivity index (χ4v) is 5.26. The number of ether oxygens (including phenoxy) is 2. The van der Waals surface area contributed by atoms with Gasteiger partial charge in [-0.05, 0) is 54.0 Å². The molecule has 3 aromatic rings. The molecule has 0 aliphatic heterocycles. The summed E-state index contributed by atoms with van der Waals surface area (Å²) in [6.45, 7) is 2.07. The van der Waals surface area contributed by atoms with Crippen LogP contribution in [0.1, 0.15) is 34.1 Å². The Kier molecular flexibility index (Phi) is 6.37. The second-order valence-corrected chi connectivity index (χ2v) is 8.88. The maximum Gasteiger partial charge on any atom is 0.341 e. The highest BCUT2D eigenvalue weighted by Crippen LogP contribution is 2.40. The second kappa shape index (κ2) is 9.35. The van der Waals surface area contributed by atoms with Crippen LogP contribution in [0.2, 0.25) is 0 Å². The zero-order valence-electron chi connectivity index (χ0n) is 17.6. The zero-order valence-corrected chi connectivity index (χ0v) is 18.5. The van der Waals surface area contributed by atoms with Gasteiger partial charge in [-0.1, -0.05) is 49.4 Å². The lowest BCUT2D eigenvalue weighted by Crippen LogP contribution is -2.21. The summed E-state index contributed by atoms with van der Waals surface area (Å²) in [5.74, 6) is 0.480. The molecular formula is C25H25NO4S. The third kappa shape index (κ3) is 4.80. The van der Waals surface area contributed by atoms with Gasteiger partial charge in [0.05, 0.1) is 12.7 Å². The van der Waals surface area contributed by atoms with Crippen LogP contribution < -0.4 is 10.1 Å². The molecular weight excluding hydrogens is 410 g/mol. The molecule has 1 aliphatic rings.